The highest BCUT2D eigenvalue weighted by atomic mass is 16.5. The molecule has 194 valence electrons. The second-order valence-corrected chi connectivity index (χ2v) is 9.10. The number of methoxy groups -OCH3 is 1. The van der Waals surface area contributed by atoms with Crippen LogP contribution in [0.15, 0.2) is 58.6 Å². The maximum absolute atomic E-state index is 13.5. The number of aromatic nitrogens is 4. The van der Waals surface area contributed by atoms with Crippen molar-refractivity contribution in [1.82, 2.24) is 30.0 Å². The van der Waals surface area contributed by atoms with E-state index in [0.29, 0.717) is 54.6 Å². The summed E-state index contributed by atoms with van der Waals surface area (Å²) in [5.74, 6) is 1.31. The number of ether oxygens (including phenoxy) is 1. The Kier molecular flexibility index (Phi) is 7.03. The molecule has 0 aliphatic carbocycles. The normalized spacial score (nSPS) is 14.8. The average molecular weight is 512 g/mol. The number of fused-ring (bicyclic) bond motifs is 1. The van der Waals surface area contributed by atoms with Gasteiger partial charge in [0.2, 0.25) is 0 Å². The van der Waals surface area contributed by atoms with Crippen LogP contribution in [-0.2, 0) is 6.42 Å². The molecule has 2 N–H and O–H groups in total. The molecule has 3 heterocycles. The third kappa shape index (κ3) is 5.06. The van der Waals surface area contributed by atoms with E-state index in [1.165, 1.54) is 0 Å². The number of nitrogens with zero attached hydrogens (tertiary/aromatic N) is 5. The second kappa shape index (κ2) is 10.7. The molecule has 0 spiro atoms. The van der Waals surface area contributed by atoms with Crippen molar-refractivity contribution in [2.75, 3.05) is 33.3 Å². The number of amides is 1. The molecule has 1 aliphatic heterocycles. The van der Waals surface area contributed by atoms with E-state index in [0.717, 1.165) is 27.8 Å². The Morgan fingerprint density at radius 2 is 1.87 bits per heavy atom. The molecule has 0 saturated carbocycles. The zero-order chi connectivity index (χ0) is 26.6. The number of piperazine rings is 1. The van der Waals surface area contributed by atoms with Crippen LogP contribution in [0.3, 0.4) is 0 Å². The lowest BCUT2D eigenvalue weighted by Gasteiger charge is -2.36. The molecule has 1 saturated heterocycles. The molecule has 0 unspecified atom stereocenters. The largest absolute Gasteiger partial charge is 0.496 e. The lowest BCUT2D eigenvalue weighted by atomic mass is 10.0. The highest BCUT2D eigenvalue weighted by molar-refractivity contribution is 5.97. The van der Waals surface area contributed by atoms with E-state index in [9.17, 15) is 9.59 Å². The molecule has 1 amide bonds. The first kappa shape index (κ1) is 24.9. The summed E-state index contributed by atoms with van der Waals surface area (Å²) >= 11 is 0. The molecule has 5 rings (SSSR count). The molecule has 1 aliphatic rings. The van der Waals surface area contributed by atoms with Crippen molar-refractivity contribution in [2.45, 2.75) is 13.3 Å². The Bertz CT molecular complexity index is 1680. The van der Waals surface area contributed by atoms with E-state index in [2.05, 4.69) is 36.6 Å². The van der Waals surface area contributed by atoms with Crippen LogP contribution in [-0.4, -0.2) is 75.0 Å². The van der Waals surface area contributed by atoms with Gasteiger partial charge in [-0.05, 0) is 30.7 Å². The number of rotatable bonds is 5. The van der Waals surface area contributed by atoms with E-state index < -0.39 is 0 Å². The van der Waals surface area contributed by atoms with Crippen molar-refractivity contribution in [1.29, 1.82) is 0 Å². The molecule has 10 heteroatoms. The van der Waals surface area contributed by atoms with E-state index >= 15 is 0 Å². The molecular weight excluding hydrogens is 482 g/mol. The summed E-state index contributed by atoms with van der Waals surface area (Å²) in [5.41, 5.74) is 1.93. The van der Waals surface area contributed by atoms with Crippen LogP contribution in [0.5, 0.6) is 5.75 Å². The van der Waals surface area contributed by atoms with Crippen molar-refractivity contribution in [3.8, 4) is 5.75 Å². The van der Waals surface area contributed by atoms with E-state index in [-0.39, 0.29) is 11.5 Å². The number of nitrogens with one attached hydrogen (secondary N) is 2. The summed E-state index contributed by atoms with van der Waals surface area (Å²) in [4.78, 5) is 41.3. The lowest BCUT2D eigenvalue weighted by molar-refractivity contribution is 0.0688. The van der Waals surface area contributed by atoms with Gasteiger partial charge in [0.05, 0.1) is 47.0 Å². The van der Waals surface area contributed by atoms with E-state index in [1.807, 2.05) is 48.2 Å². The molecule has 0 bridgehead atoms. The number of amidine groups is 1. The first-order valence-electron chi connectivity index (χ1n) is 12.3. The van der Waals surface area contributed by atoms with Crippen LogP contribution in [0, 0.1) is 0 Å². The van der Waals surface area contributed by atoms with Crippen molar-refractivity contribution >= 4 is 35.3 Å². The topological polar surface area (TPSA) is 120 Å². The van der Waals surface area contributed by atoms with Gasteiger partial charge in [-0.25, -0.2) is 15.1 Å². The number of imidazole rings is 1. The summed E-state index contributed by atoms with van der Waals surface area (Å²) in [6.07, 6.45) is 3.78. The van der Waals surface area contributed by atoms with Crippen molar-refractivity contribution in [3.05, 3.63) is 86.7 Å². The fourth-order valence-electron chi connectivity index (χ4n) is 4.62. The molecule has 1 fully saturated rings. The predicted molar refractivity (Wildman–Crippen MR) is 147 cm³/mol. The number of aromatic amines is 2. The summed E-state index contributed by atoms with van der Waals surface area (Å²) in [5, 5.41) is 9.67. The smallest absolute Gasteiger partial charge is 0.272 e. The Balaban J connectivity index is 1.32. The Morgan fingerprint density at radius 3 is 2.58 bits per heavy atom. The Hall–Kier alpha value is -4.73. The maximum Gasteiger partial charge on any atom is 0.272 e. The van der Waals surface area contributed by atoms with E-state index in [1.54, 1.807) is 25.7 Å². The lowest BCUT2D eigenvalue weighted by Crippen LogP contribution is -2.50. The highest BCUT2D eigenvalue weighted by Crippen LogP contribution is 2.25. The Labute approximate surface area is 219 Å². The highest BCUT2D eigenvalue weighted by Gasteiger charge is 2.25. The number of carbonyl (C=O) groups is 1. The van der Waals surface area contributed by atoms with Gasteiger partial charge in [0.1, 0.15) is 11.6 Å². The zero-order valence-electron chi connectivity index (χ0n) is 21.4. The van der Waals surface area contributed by atoms with Crippen molar-refractivity contribution in [3.63, 3.8) is 0 Å². The van der Waals surface area contributed by atoms with Crippen molar-refractivity contribution < 1.29 is 9.53 Å². The minimum absolute atomic E-state index is 0.0806. The molecule has 10 nitrogen and oxygen atoms in total. The van der Waals surface area contributed by atoms with E-state index in [4.69, 9.17) is 4.74 Å². The van der Waals surface area contributed by atoms with Gasteiger partial charge in [-0.2, -0.15) is 5.10 Å². The number of hydrogen-bond acceptors (Lipinski definition) is 6. The maximum atomic E-state index is 13.5. The third-order valence-corrected chi connectivity index (χ3v) is 6.80. The predicted octanol–water partition coefficient (Wildman–Crippen LogP) is 1.27. The first-order chi connectivity index (χ1) is 18.4. The van der Waals surface area contributed by atoms with Gasteiger partial charge in [-0.3, -0.25) is 9.59 Å². The first-order valence-corrected chi connectivity index (χ1v) is 12.3. The second-order valence-electron chi connectivity index (χ2n) is 9.10. The summed E-state index contributed by atoms with van der Waals surface area (Å²) in [7, 11) is 1.56. The summed E-state index contributed by atoms with van der Waals surface area (Å²) in [6, 6.07) is 13.0. The van der Waals surface area contributed by atoms with Crippen LogP contribution in [0.2, 0.25) is 0 Å². The van der Waals surface area contributed by atoms with Gasteiger partial charge in [0.25, 0.3) is 11.5 Å². The zero-order valence-corrected chi connectivity index (χ0v) is 21.4. The third-order valence-electron chi connectivity index (χ3n) is 6.80. The molecule has 38 heavy (non-hydrogen) atoms. The van der Waals surface area contributed by atoms with Crippen LogP contribution in [0.25, 0.3) is 23.6 Å². The van der Waals surface area contributed by atoms with Crippen molar-refractivity contribution in [2.24, 2.45) is 4.99 Å². The average Bonchev–Trinajstić information content (AvgIpc) is 3.37. The van der Waals surface area contributed by atoms with Crippen LogP contribution >= 0.6 is 0 Å². The number of aliphatic imine (C=N–C) groups is 1. The summed E-state index contributed by atoms with van der Waals surface area (Å²) in [6.45, 7) is 8.29. The molecule has 0 atom stereocenters. The SMILES string of the molecule is C=c1nc[nH]/c1=C/N=C(\C)N1CCN(C(=O)c2cc(Cc3n[nH]c(=O)c4ccccc34)ccc2OC)CC1. The minimum atomic E-state index is -0.222. The van der Waals surface area contributed by atoms with Gasteiger partial charge in [0.15, 0.2) is 0 Å². The molecule has 0 radical (unpaired) electrons. The van der Waals surface area contributed by atoms with Crippen LogP contribution in [0.4, 0.5) is 0 Å². The van der Waals surface area contributed by atoms with Gasteiger partial charge in [-0.15, -0.1) is 0 Å². The van der Waals surface area contributed by atoms with Gasteiger partial charge >= 0.3 is 0 Å². The standard InChI is InChI=1S/C28H29N7O3/c1-18-25(31-17-30-18)16-29-19(2)34-10-12-35(13-11-34)28(37)23-14-20(8-9-26(23)38-3)15-24-21-6-4-5-7-22(21)27(36)33-32-24/h4-9,14,16-17H,1,10-13,15H2,2-3H3,(H,30,31)(H,33,36)/b25-16+,29-19+. The Morgan fingerprint density at radius 1 is 1.13 bits per heavy atom. The number of hydrogen-bond donors (Lipinski definition) is 2. The number of carbonyl (C=O) groups excluding carboxylic acids is 1. The van der Waals surface area contributed by atoms with Gasteiger partial charge in [0, 0.05) is 38.0 Å². The fraction of sp³-hybridized carbons (Fsp3) is 0.250. The molecule has 4 aromatic rings. The number of H-pyrrole nitrogens is 2. The van der Waals surface area contributed by atoms with Crippen LogP contribution in [0.1, 0.15) is 28.5 Å². The molecule has 2 aromatic heterocycles. The molecular formula is C28H29N7O3. The summed E-state index contributed by atoms with van der Waals surface area (Å²) < 4.78 is 5.53. The quantitative estimate of drug-likeness (QED) is 0.308. The minimum Gasteiger partial charge on any atom is -0.496 e. The van der Waals surface area contributed by atoms with Gasteiger partial charge < -0.3 is 19.5 Å². The number of benzene rings is 2. The van der Waals surface area contributed by atoms with Gasteiger partial charge in [-0.1, -0.05) is 30.8 Å². The monoisotopic (exact) mass is 511 g/mol. The van der Waals surface area contributed by atoms with Crippen LogP contribution < -0.4 is 21.0 Å². The fourth-order valence-corrected chi connectivity index (χ4v) is 4.62. The molecule has 2 aromatic carbocycles.